The second kappa shape index (κ2) is 8.77. The molecule has 1 aromatic heterocycles. The average Bonchev–Trinajstić information content (AvgIpc) is 3.46. The lowest BCUT2D eigenvalue weighted by atomic mass is 10.1. The van der Waals surface area contributed by atoms with Crippen molar-refractivity contribution in [2.45, 2.75) is 23.5 Å². The van der Waals surface area contributed by atoms with Crippen LogP contribution in [0.4, 0.5) is 5.69 Å². The molecule has 1 N–H and O–H groups in total. The predicted molar refractivity (Wildman–Crippen MR) is 116 cm³/mol. The number of benzene rings is 2. The molecule has 31 heavy (non-hydrogen) atoms. The van der Waals surface area contributed by atoms with Crippen LogP contribution in [0.2, 0.25) is 0 Å². The Morgan fingerprint density at radius 2 is 1.61 bits per heavy atom. The fourth-order valence-corrected chi connectivity index (χ4v) is 4.93. The van der Waals surface area contributed by atoms with E-state index in [0.29, 0.717) is 11.3 Å². The highest BCUT2D eigenvalue weighted by atomic mass is 32.2. The van der Waals surface area contributed by atoms with E-state index in [1.807, 2.05) is 4.90 Å². The number of nitrogens with one attached hydrogen (secondary N) is 1. The first-order chi connectivity index (χ1) is 14.9. The van der Waals surface area contributed by atoms with Crippen molar-refractivity contribution in [2.75, 3.05) is 18.4 Å². The third-order valence-electron chi connectivity index (χ3n) is 5.18. The number of furan rings is 1. The summed E-state index contributed by atoms with van der Waals surface area (Å²) in [5, 5.41) is 2.69. The van der Waals surface area contributed by atoms with E-state index in [9.17, 15) is 18.0 Å². The summed E-state index contributed by atoms with van der Waals surface area (Å²) in [6, 6.07) is 16.2. The zero-order valence-electron chi connectivity index (χ0n) is 16.8. The maximum atomic E-state index is 12.7. The minimum Gasteiger partial charge on any atom is -0.459 e. The van der Waals surface area contributed by atoms with Crippen LogP contribution in [-0.4, -0.2) is 38.2 Å². The minimum absolute atomic E-state index is 0.0187. The molecule has 3 aromatic rings. The summed E-state index contributed by atoms with van der Waals surface area (Å²) in [4.78, 5) is 27.1. The van der Waals surface area contributed by atoms with Gasteiger partial charge in [-0.25, -0.2) is 8.42 Å². The number of carbonyl (C=O) groups is 2. The van der Waals surface area contributed by atoms with Gasteiger partial charge in [0.1, 0.15) is 0 Å². The van der Waals surface area contributed by atoms with Crippen molar-refractivity contribution in [3.63, 3.8) is 0 Å². The maximum absolute atomic E-state index is 12.7. The molecular formula is C23H22N2O5S. The van der Waals surface area contributed by atoms with Crippen molar-refractivity contribution in [2.24, 2.45) is 0 Å². The maximum Gasteiger partial charge on any atom is 0.291 e. The Balaban J connectivity index is 1.45. The van der Waals surface area contributed by atoms with Crippen molar-refractivity contribution >= 4 is 27.3 Å². The van der Waals surface area contributed by atoms with Gasteiger partial charge >= 0.3 is 0 Å². The van der Waals surface area contributed by atoms with Crippen LogP contribution in [0, 0.1) is 0 Å². The Morgan fingerprint density at radius 3 is 2.29 bits per heavy atom. The zero-order chi connectivity index (χ0) is 21.8. The normalized spacial score (nSPS) is 13.9. The molecule has 2 aromatic carbocycles. The van der Waals surface area contributed by atoms with Crippen molar-refractivity contribution in [1.82, 2.24) is 4.90 Å². The molecular weight excluding hydrogens is 416 g/mol. The Morgan fingerprint density at radius 1 is 0.935 bits per heavy atom. The van der Waals surface area contributed by atoms with Gasteiger partial charge in [0.15, 0.2) is 15.6 Å². The molecule has 8 heteroatoms. The van der Waals surface area contributed by atoms with Gasteiger partial charge in [0, 0.05) is 29.9 Å². The van der Waals surface area contributed by atoms with E-state index in [-0.39, 0.29) is 27.9 Å². The summed E-state index contributed by atoms with van der Waals surface area (Å²) in [7, 11) is -3.62. The van der Waals surface area contributed by atoms with Crippen LogP contribution in [0.3, 0.4) is 0 Å². The third kappa shape index (κ3) is 4.69. The second-order valence-corrected chi connectivity index (χ2v) is 9.37. The Labute approximate surface area is 180 Å². The first-order valence-electron chi connectivity index (χ1n) is 9.99. The number of nitrogens with zero attached hydrogens (tertiary/aromatic N) is 1. The van der Waals surface area contributed by atoms with Crippen LogP contribution >= 0.6 is 0 Å². The number of rotatable bonds is 6. The summed E-state index contributed by atoms with van der Waals surface area (Å²) >= 11 is 0. The predicted octanol–water partition coefficient (Wildman–Crippen LogP) is 3.74. The van der Waals surface area contributed by atoms with E-state index in [1.165, 1.54) is 24.5 Å². The number of hydrogen-bond donors (Lipinski definition) is 1. The molecule has 0 bridgehead atoms. The molecule has 1 aliphatic rings. The fraction of sp³-hybridized carbons (Fsp3) is 0.217. The Hall–Kier alpha value is -3.39. The number of hydrogen-bond acceptors (Lipinski definition) is 5. The molecule has 0 aliphatic carbocycles. The lowest BCUT2D eigenvalue weighted by molar-refractivity contribution is 0.0792. The van der Waals surface area contributed by atoms with Crippen molar-refractivity contribution in [3.05, 3.63) is 83.8 Å². The summed E-state index contributed by atoms with van der Waals surface area (Å²) in [5.74, 6) is -0.979. The number of amides is 2. The summed E-state index contributed by atoms with van der Waals surface area (Å²) in [6.45, 7) is 1.54. The summed E-state index contributed by atoms with van der Waals surface area (Å²) < 4.78 is 30.5. The van der Waals surface area contributed by atoms with Gasteiger partial charge in [-0.3, -0.25) is 9.59 Å². The van der Waals surface area contributed by atoms with Crippen LogP contribution in [-0.2, 0) is 15.6 Å². The average molecular weight is 439 g/mol. The van der Waals surface area contributed by atoms with E-state index >= 15 is 0 Å². The molecule has 1 aliphatic heterocycles. The van der Waals surface area contributed by atoms with E-state index in [0.717, 1.165) is 25.9 Å². The van der Waals surface area contributed by atoms with Gasteiger partial charge in [0.05, 0.1) is 16.9 Å². The molecule has 0 unspecified atom stereocenters. The van der Waals surface area contributed by atoms with Gasteiger partial charge in [-0.15, -0.1) is 0 Å². The monoisotopic (exact) mass is 438 g/mol. The Bertz CT molecular complexity index is 1180. The Kier molecular flexibility index (Phi) is 5.90. The smallest absolute Gasteiger partial charge is 0.291 e. The molecule has 7 nitrogen and oxygen atoms in total. The minimum atomic E-state index is -3.62. The van der Waals surface area contributed by atoms with Gasteiger partial charge in [0.2, 0.25) is 0 Å². The van der Waals surface area contributed by atoms with E-state index in [1.54, 1.807) is 42.5 Å². The highest BCUT2D eigenvalue weighted by Crippen LogP contribution is 2.21. The molecule has 2 heterocycles. The first kappa shape index (κ1) is 20.9. The molecule has 0 atom stereocenters. The lowest BCUT2D eigenvalue weighted by Crippen LogP contribution is -2.27. The number of carbonyl (C=O) groups excluding carboxylic acids is 2. The van der Waals surface area contributed by atoms with E-state index in [2.05, 4.69) is 5.32 Å². The zero-order valence-corrected chi connectivity index (χ0v) is 17.6. The highest BCUT2D eigenvalue weighted by molar-refractivity contribution is 7.90. The van der Waals surface area contributed by atoms with Gasteiger partial charge in [-0.1, -0.05) is 18.2 Å². The summed E-state index contributed by atoms with van der Waals surface area (Å²) in [5.41, 5.74) is 1.32. The first-order valence-corrected chi connectivity index (χ1v) is 11.6. The van der Waals surface area contributed by atoms with Crippen LogP contribution in [0.5, 0.6) is 0 Å². The number of likely N-dealkylation sites (tertiary alicyclic amines) is 1. The van der Waals surface area contributed by atoms with Crippen molar-refractivity contribution < 1.29 is 22.4 Å². The summed E-state index contributed by atoms with van der Waals surface area (Å²) in [6.07, 6.45) is 3.33. The van der Waals surface area contributed by atoms with Crippen LogP contribution < -0.4 is 5.32 Å². The van der Waals surface area contributed by atoms with Crippen LogP contribution in [0.15, 0.2) is 76.2 Å². The van der Waals surface area contributed by atoms with Crippen LogP contribution in [0.1, 0.15) is 39.3 Å². The standard InChI is InChI=1S/C23H22N2O5S/c26-22(24-19-10-8-17(9-11-19)23(27)25-13-4-5-14-25)21-18(12-15-30-21)16-31(28,29)20-6-2-1-3-7-20/h1-3,6-12,15H,4-5,13-14,16H2,(H,24,26). The van der Waals surface area contributed by atoms with E-state index < -0.39 is 15.7 Å². The van der Waals surface area contributed by atoms with Crippen molar-refractivity contribution in [3.8, 4) is 0 Å². The number of anilines is 1. The molecule has 0 spiro atoms. The molecule has 1 saturated heterocycles. The lowest BCUT2D eigenvalue weighted by Gasteiger charge is -2.15. The molecule has 160 valence electrons. The number of sulfone groups is 1. The quantitative estimate of drug-likeness (QED) is 0.632. The largest absolute Gasteiger partial charge is 0.459 e. The third-order valence-corrected chi connectivity index (χ3v) is 6.87. The molecule has 4 rings (SSSR count). The molecule has 0 radical (unpaired) electrons. The fourth-order valence-electron chi connectivity index (χ4n) is 3.55. The molecule has 0 saturated carbocycles. The topological polar surface area (TPSA) is 96.7 Å². The van der Waals surface area contributed by atoms with Gasteiger partial charge in [-0.05, 0) is 55.3 Å². The van der Waals surface area contributed by atoms with Gasteiger partial charge in [0.25, 0.3) is 11.8 Å². The highest BCUT2D eigenvalue weighted by Gasteiger charge is 2.23. The molecule has 2 amide bonds. The van der Waals surface area contributed by atoms with Gasteiger partial charge in [-0.2, -0.15) is 0 Å². The van der Waals surface area contributed by atoms with Gasteiger partial charge < -0.3 is 14.6 Å². The van der Waals surface area contributed by atoms with Crippen molar-refractivity contribution in [1.29, 1.82) is 0 Å². The van der Waals surface area contributed by atoms with E-state index in [4.69, 9.17) is 4.42 Å². The second-order valence-electron chi connectivity index (χ2n) is 7.38. The molecule has 1 fully saturated rings. The SMILES string of the molecule is O=C(Nc1ccc(C(=O)N2CCCC2)cc1)c1occc1CS(=O)(=O)c1ccccc1. The van der Waals surface area contributed by atoms with Crippen LogP contribution in [0.25, 0.3) is 0 Å².